The first-order chi connectivity index (χ1) is 20.5. The van der Waals surface area contributed by atoms with Crippen molar-refractivity contribution in [2.45, 2.75) is 76.2 Å². The van der Waals surface area contributed by atoms with Crippen LogP contribution in [-0.4, -0.2) is 50.1 Å². The highest BCUT2D eigenvalue weighted by molar-refractivity contribution is 8.24. The van der Waals surface area contributed by atoms with Gasteiger partial charge in [0.15, 0.2) is 0 Å². The zero-order valence-corrected chi connectivity index (χ0v) is 26.1. The molecule has 3 fully saturated rings. The first kappa shape index (κ1) is 29.7. The Morgan fingerprint density at radius 3 is 2.26 bits per heavy atom. The maximum atomic E-state index is 13.6. The highest BCUT2D eigenvalue weighted by Crippen LogP contribution is 2.46. The van der Waals surface area contributed by atoms with Gasteiger partial charge in [0, 0.05) is 41.7 Å². The van der Waals surface area contributed by atoms with E-state index in [4.69, 9.17) is 9.40 Å². The molecule has 2 saturated carbocycles. The summed E-state index contributed by atoms with van der Waals surface area (Å²) in [5, 5.41) is 12.7. The Hall–Kier alpha value is -3.32. The second-order valence-electron chi connectivity index (χ2n) is 13.5. The van der Waals surface area contributed by atoms with E-state index in [2.05, 4.69) is 73.5 Å². The summed E-state index contributed by atoms with van der Waals surface area (Å²) < 4.78 is 26.7. The van der Waals surface area contributed by atoms with E-state index in [0.29, 0.717) is 43.3 Å². The Morgan fingerprint density at radius 1 is 1.02 bits per heavy atom. The highest BCUT2D eigenvalue weighted by atomic mass is 32.3. The number of amides is 1. The highest BCUT2D eigenvalue weighted by Gasteiger charge is 2.47. The standard InChI is InChI=1S/C34H42N4O4S/c1-33(2,3)25-12-8-24(9-13-25)32-36-29(23-10-14-26(15-11-23)38-18-20-43(40,41)21-19-38)30(42-32)27-6-4-5-7-28(27)31(39)37-34(22-35)16-17-34/h8-15,27-28,40-41H,4-7,16-21H2,1-3H3,(H,37,39)/t27-,28-/m1/s1. The van der Waals surface area contributed by atoms with E-state index in [1.807, 2.05) is 12.1 Å². The first-order valence-corrected chi connectivity index (χ1v) is 17.3. The quantitative estimate of drug-likeness (QED) is 0.270. The van der Waals surface area contributed by atoms with Gasteiger partial charge in [-0.2, -0.15) is 15.9 Å². The monoisotopic (exact) mass is 602 g/mol. The van der Waals surface area contributed by atoms with Gasteiger partial charge in [-0.3, -0.25) is 13.9 Å². The third-order valence-electron chi connectivity index (χ3n) is 9.30. The molecule has 6 rings (SSSR count). The lowest BCUT2D eigenvalue weighted by Gasteiger charge is -2.41. The molecule has 0 unspecified atom stereocenters. The maximum absolute atomic E-state index is 13.6. The van der Waals surface area contributed by atoms with Crippen LogP contribution in [0, 0.1) is 17.2 Å². The van der Waals surface area contributed by atoms with Crippen molar-refractivity contribution < 1.29 is 18.3 Å². The Balaban J connectivity index is 1.35. The topological polar surface area (TPSA) is 123 Å². The molecule has 2 aromatic carbocycles. The Kier molecular flexibility index (Phi) is 7.82. The van der Waals surface area contributed by atoms with Crippen LogP contribution in [0.1, 0.15) is 76.5 Å². The van der Waals surface area contributed by atoms with E-state index >= 15 is 0 Å². The Morgan fingerprint density at radius 2 is 1.65 bits per heavy atom. The molecule has 0 bridgehead atoms. The lowest BCUT2D eigenvalue weighted by atomic mass is 9.76. The molecule has 3 aromatic rings. The molecule has 228 valence electrons. The van der Waals surface area contributed by atoms with Crippen molar-refractivity contribution in [2.75, 3.05) is 29.5 Å². The zero-order valence-electron chi connectivity index (χ0n) is 25.3. The van der Waals surface area contributed by atoms with Crippen molar-refractivity contribution in [1.29, 1.82) is 5.26 Å². The summed E-state index contributed by atoms with van der Waals surface area (Å²) in [6, 6.07) is 18.8. The van der Waals surface area contributed by atoms with Gasteiger partial charge in [0.1, 0.15) is 17.0 Å². The van der Waals surface area contributed by atoms with Gasteiger partial charge in [-0.1, -0.05) is 57.9 Å². The summed E-state index contributed by atoms with van der Waals surface area (Å²) in [6.07, 6.45) is 4.95. The Bertz CT molecular complexity index is 1500. The number of hydrogen-bond acceptors (Lipinski definition) is 7. The van der Waals surface area contributed by atoms with Crippen molar-refractivity contribution in [3.63, 3.8) is 0 Å². The molecule has 2 atom stereocenters. The fourth-order valence-electron chi connectivity index (χ4n) is 6.32. The molecular formula is C34H42N4O4S. The average Bonchev–Trinajstić information content (AvgIpc) is 3.63. The van der Waals surface area contributed by atoms with Gasteiger partial charge >= 0.3 is 0 Å². The predicted molar refractivity (Wildman–Crippen MR) is 171 cm³/mol. The zero-order chi connectivity index (χ0) is 30.4. The number of hydrogen-bond donors (Lipinski definition) is 3. The van der Waals surface area contributed by atoms with Crippen LogP contribution >= 0.6 is 10.6 Å². The van der Waals surface area contributed by atoms with Crippen LogP contribution < -0.4 is 10.2 Å². The fourth-order valence-corrected chi connectivity index (χ4v) is 7.55. The van der Waals surface area contributed by atoms with E-state index in [-0.39, 0.29) is 23.2 Å². The van der Waals surface area contributed by atoms with E-state index in [9.17, 15) is 19.2 Å². The van der Waals surface area contributed by atoms with E-state index < -0.39 is 16.1 Å². The van der Waals surface area contributed by atoms with E-state index in [0.717, 1.165) is 54.0 Å². The van der Waals surface area contributed by atoms with Gasteiger partial charge in [-0.05, 0) is 60.9 Å². The average molecular weight is 603 g/mol. The number of nitrogens with zero attached hydrogens (tertiary/aromatic N) is 3. The largest absolute Gasteiger partial charge is 0.440 e. The summed E-state index contributed by atoms with van der Waals surface area (Å²) in [4.78, 5) is 20.8. The second kappa shape index (κ2) is 11.3. The van der Waals surface area contributed by atoms with Crippen LogP contribution in [0.2, 0.25) is 0 Å². The number of nitrogens with one attached hydrogen (secondary N) is 1. The smallest absolute Gasteiger partial charge is 0.226 e. The van der Waals surface area contributed by atoms with Crippen LogP contribution in [0.15, 0.2) is 52.9 Å². The van der Waals surface area contributed by atoms with Gasteiger partial charge in [0.2, 0.25) is 11.8 Å². The molecule has 1 saturated heterocycles. The summed E-state index contributed by atoms with van der Waals surface area (Å²) in [7, 11) is -2.46. The predicted octanol–water partition coefficient (Wildman–Crippen LogP) is 7.32. The van der Waals surface area contributed by atoms with Gasteiger partial charge in [0.25, 0.3) is 0 Å². The SMILES string of the molecule is CC(C)(C)c1ccc(-c2nc(-c3ccc(N4CCS(O)(O)CC4)cc3)c([C@@H]3CCCC[C@H]3C(=O)NC3(C#N)CC3)o2)cc1. The summed E-state index contributed by atoms with van der Waals surface area (Å²) in [5.41, 5.74) is 4.14. The fraction of sp³-hybridized carbons (Fsp3) is 0.500. The summed E-state index contributed by atoms with van der Waals surface area (Å²) in [6.45, 7) is 7.78. The van der Waals surface area contributed by atoms with E-state index in [1.54, 1.807) is 0 Å². The lowest BCUT2D eigenvalue weighted by molar-refractivity contribution is -0.127. The number of anilines is 1. The molecule has 1 aromatic heterocycles. The molecule has 9 heteroatoms. The third-order valence-corrected chi connectivity index (χ3v) is 11.0. The first-order valence-electron chi connectivity index (χ1n) is 15.4. The molecule has 1 amide bonds. The Labute approximate surface area is 255 Å². The van der Waals surface area contributed by atoms with Crippen molar-refractivity contribution in [3.8, 4) is 28.8 Å². The minimum atomic E-state index is -2.46. The molecular weight excluding hydrogens is 560 g/mol. The van der Waals surface area contributed by atoms with Gasteiger partial charge in [-0.25, -0.2) is 4.98 Å². The van der Waals surface area contributed by atoms with Crippen molar-refractivity contribution in [3.05, 3.63) is 59.9 Å². The van der Waals surface area contributed by atoms with Gasteiger partial charge in [-0.15, -0.1) is 0 Å². The van der Waals surface area contributed by atoms with Crippen molar-refractivity contribution in [2.24, 2.45) is 5.92 Å². The second-order valence-corrected chi connectivity index (χ2v) is 15.9. The molecule has 1 aliphatic heterocycles. The minimum absolute atomic E-state index is 0.0315. The molecule has 0 radical (unpaired) electrons. The van der Waals surface area contributed by atoms with Crippen LogP contribution in [-0.2, 0) is 10.2 Å². The number of aromatic nitrogens is 1. The third kappa shape index (κ3) is 6.33. The maximum Gasteiger partial charge on any atom is 0.226 e. The summed E-state index contributed by atoms with van der Waals surface area (Å²) >= 11 is 0. The van der Waals surface area contributed by atoms with Crippen LogP contribution in [0.4, 0.5) is 5.69 Å². The van der Waals surface area contributed by atoms with Crippen molar-refractivity contribution in [1.82, 2.24) is 10.3 Å². The number of nitriles is 1. The number of rotatable bonds is 6. The molecule has 2 heterocycles. The minimum Gasteiger partial charge on any atom is -0.440 e. The van der Waals surface area contributed by atoms with Crippen LogP contribution in [0.3, 0.4) is 0 Å². The lowest BCUT2D eigenvalue weighted by Crippen LogP contribution is -2.42. The van der Waals surface area contributed by atoms with E-state index in [1.165, 1.54) is 5.56 Å². The van der Waals surface area contributed by atoms with Gasteiger partial charge < -0.3 is 14.6 Å². The number of carbonyl (C=O) groups is 1. The molecule has 8 nitrogen and oxygen atoms in total. The number of carbonyl (C=O) groups excluding carboxylic acids is 1. The summed E-state index contributed by atoms with van der Waals surface area (Å²) in [5.74, 6) is 1.56. The van der Waals surface area contributed by atoms with Crippen LogP contribution in [0.5, 0.6) is 0 Å². The molecule has 3 aliphatic rings. The normalized spacial score (nSPS) is 23.7. The van der Waals surface area contributed by atoms with Crippen LogP contribution in [0.25, 0.3) is 22.7 Å². The van der Waals surface area contributed by atoms with Gasteiger partial charge in [0.05, 0.1) is 17.6 Å². The number of benzene rings is 2. The molecule has 43 heavy (non-hydrogen) atoms. The molecule has 0 spiro atoms. The van der Waals surface area contributed by atoms with Crippen molar-refractivity contribution >= 4 is 22.2 Å². The molecule has 3 N–H and O–H groups in total. The number of oxazole rings is 1. The molecule has 2 aliphatic carbocycles.